The third-order valence-corrected chi connectivity index (χ3v) is 13.6. The third kappa shape index (κ3) is 7.96. The van der Waals surface area contributed by atoms with Crippen molar-refractivity contribution in [2.45, 2.75) is 102 Å². The van der Waals surface area contributed by atoms with Crippen LogP contribution in [0, 0.1) is 35.5 Å². The van der Waals surface area contributed by atoms with E-state index < -0.39 is 24.3 Å². The Labute approximate surface area is 357 Å². The van der Waals surface area contributed by atoms with E-state index >= 15 is 0 Å². The number of aliphatic imine (C=N–C) groups is 2. The first kappa shape index (κ1) is 40.6. The summed E-state index contributed by atoms with van der Waals surface area (Å²) in [6.07, 6.45) is 6.25. The second-order valence-corrected chi connectivity index (χ2v) is 18.3. The van der Waals surface area contributed by atoms with Crippen molar-refractivity contribution in [3.05, 3.63) is 83.1 Å². The van der Waals surface area contributed by atoms with Gasteiger partial charge in [0.2, 0.25) is 5.91 Å². The van der Waals surface area contributed by atoms with E-state index in [4.69, 9.17) is 19.5 Å². The summed E-state index contributed by atoms with van der Waals surface area (Å²) in [7, 11) is 2.63. The Morgan fingerprint density at radius 2 is 1.41 bits per heavy atom. The van der Waals surface area contributed by atoms with Crippen LogP contribution in [0.4, 0.5) is 15.3 Å². The molecule has 0 aromatic heterocycles. The summed E-state index contributed by atoms with van der Waals surface area (Å²) < 4.78 is 9.61. The first-order valence-electron chi connectivity index (χ1n) is 21.7. The van der Waals surface area contributed by atoms with Crippen LogP contribution in [-0.2, 0) is 25.5 Å². The van der Waals surface area contributed by atoms with Gasteiger partial charge in [-0.15, -0.1) is 0 Å². The molecule has 2 N–H and O–H groups in total. The molecule has 316 valence electrons. The van der Waals surface area contributed by atoms with E-state index in [-0.39, 0.29) is 48.2 Å². The van der Waals surface area contributed by atoms with Crippen LogP contribution in [0.2, 0.25) is 0 Å². The van der Waals surface area contributed by atoms with Gasteiger partial charge >= 0.3 is 12.2 Å². The molecule has 0 radical (unpaired) electrons. The number of benzene rings is 3. The maximum absolute atomic E-state index is 13.9. The SMILES string of the molecule is COC(=O)N[C@H](C(=O)CN1C(C2=NC=C(c3ccc(C#Cc4ccc5c6c(ccc5c4)CC([C@@H]4C[C@H]5C[C@H]5N4C(=O)[C@@H](NC(=O)OC)C(C)C)=N6)cc3)C2)C[C@H]2C[C@H]21)C(C)C. The molecule has 9 rings (SSSR count). The summed E-state index contributed by atoms with van der Waals surface area (Å²) in [5.41, 5.74) is 8.34. The first-order valence-corrected chi connectivity index (χ1v) is 21.7. The van der Waals surface area contributed by atoms with Crippen molar-refractivity contribution in [1.82, 2.24) is 20.4 Å². The quantitative estimate of drug-likeness (QED) is 0.202. The topological polar surface area (TPSA) is 142 Å². The van der Waals surface area contributed by atoms with Gasteiger partial charge in [0.25, 0.3) is 0 Å². The molecule has 1 unspecified atom stereocenters. The molecular weight excluding hydrogens is 769 g/mol. The molecular formula is C49H54N6O6. The second-order valence-electron chi connectivity index (χ2n) is 18.3. The summed E-state index contributed by atoms with van der Waals surface area (Å²) >= 11 is 0. The average molecular weight is 823 g/mol. The van der Waals surface area contributed by atoms with Crippen LogP contribution in [0.5, 0.6) is 0 Å². The highest BCUT2D eigenvalue weighted by Gasteiger charge is 2.57. The van der Waals surface area contributed by atoms with Gasteiger partial charge in [-0.1, -0.05) is 69.9 Å². The number of piperidine rings is 2. The number of likely N-dealkylation sites (tertiary alicyclic amines) is 2. The summed E-state index contributed by atoms with van der Waals surface area (Å²) in [6.45, 7) is 8.04. The Bertz CT molecular complexity index is 2460. The van der Waals surface area contributed by atoms with E-state index in [1.807, 2.05) is 38.8 Å². The Morgan fingerprint density at radius 3 is 2.13 bits per heavy atom. The van der Waals surface area contributed by atoms with Crippen LogP contribution in [0.15, 0.2) is 70.8 Å². The van der Waals surface area contributed by atoms with Crippen molar-refractivity contribution in [3.8, 4) is 11.8 Å². The van der Waals surface area contributed by atoms with Crippen molar-refractivity contribution in [2.24, 2.45) is 33.7 Å². The molecule has 0 spiro atoms. The molecule has 4 heterocycles. The van der Waals surface area contributed by atoms with Gasteiger partial charge in [0.05, 0.1) is 38.5 Å². The van der Waals surface area contributed by atoms with Crippen molar-refractivity contribution < 1.29 is 28.7 Å². The zero-order valence-corrected chi connectivity index (χ0v) is 35.7. The molecule has 2 aliphatic carbocycles. The van der Waals surface area contributed by atoms with Gasteiger partial charge in [-0.25, -0.2) is 9.59 Å². The zero-order valence-electron chi connectivity index (χ0n) is 35.7. The van der Waals surface area contributed by atoms with E-state index in [0.717, 1.165) is 87.8 Å². The first-order chi connectivity index (χ1) is 29.4. The van der Waals surface area contributed by atoms with E-state index in [0.29, 0.717) is 24.3 Å². The number of alkyl carbamates (subject to hydrolysis) is 2. The van der Waals surface area contributed by atoms with Crippen LogP contribution < -0.4 is 10.6 Å². The summed E-state index contributed by atoms with van der Waals surface area (Å²) in [5, 5.41) is 7.64. The minimum Gasteiger partial charge on any atom is -0.453 e. The Kier molecular flexibility index (Phi) is 10.8. The van der Waals surface area contributed by atoms with Gasteiger partial charge in [-0.05, 0) is 95.7 Å². The van der Waals surface area contributed by atoms with E-state index in [1.54, 1.807) is 0 Å². The molecule has 2 saturated carbocycles. The number of carbonyl (C=O) groups is 4. The second kappa shape index (κ2) is 16.2. The molecule has 12 nitrogen and oxygen atoms in total. The highest BCUT2D eigenvalue weighted by atomic mass is 16.5. The molecule has 3 aromatic rings. The summed E-state index contributed by atoms with van der Waals surface area (Å²) in [6, 6.07) is 18.3. The number of allylic oxidation sites excluding steroid dienone is 1. The lowest BCUT2D eigenvalue weighted by molar-refractivity contribution is -0.135. The number of ether oxygens (including phenoxy) is 2. The van der Waals surface area contributed by atoms with Crippen LogP contribution in [0.25, 0.3) is 16.3 Å². The fourth-order valence-electron chi connectivity index (χ4n) is 10.1. The fourth-order valence-corrected chi connectivity index (χ4v) is 10.1. The van der Waals surface area contributed by atoms with E-state index in [2.05, 4.69) is 82.0 Å². The summed E-state index contributed by atoms with van der Waals surface area (Å²) in [4.78, 5) is 65.8. The minimum absolute atomic E-state index is 0.00317. The van der Waals surface area contributed by atoms with Crippen LogP contribution in [0.3, 0.4) is 0 Å². The van der Waals surface area contributed by atoms with Gasteiger partial charge in [-0.2, -0.15) is 0 Å². The third-order valence-electron chi connectivity index (χ3n) is 13.6. The van der Waals surface area contributed by atoms with Gasteiger partial charge in [0, 0.05) is 65.1 Å². The van der Waals surface area contributed by atoms with E-state index in [9.17, 15) is 19.2 Å². The van der Waals surface area contributed by atoms with Gasteiger partial charge in [0.15, 0.2) is 5.78 Å². The number of hydrogen-bond donors (Lipinski definition) is 2. The summed E-state index contributed by atoms with van der Waals surface area (Å²) in [5.74, 6) is 7.60. The smallest absolute Gasteiger partial charge is 0.407 e. The lowest BCUT2D eigenvalue weighted by Gasteiger charge is -2.32. The number of nitrogens with one attached hydrogen (secondary N) is 2. The monoisotopic (exact) mass is 822 g/mol. The predicted octanol–water partition coefficient (Wildman–Crippen LogP) is 6.84. The Balaban J connectivity index is 0.840. The Morgan fingerprint density at radius 1 is 0.754 bits per heavy atom. The number of fused-ring (bicyclic) bond motifs is 5. The maximum Gasteiger partial charge on any atom is 0.407 e. The predicted molar refractivity (Wildman–Crippen MR) is 235 cm³/mol. The zero-order chi connectivity index (χ0) is 42.7. The molecule has 12 heteroatoms. The van der Waals surface area contributed by atoms with Crippen LogP contribution in [0.1, 0.15) is 82.1 Å². The number of amides is 3. The largest absolute Gasteiger partial charge is 0.453 e. The van der Waals surface area contributed by atoms with Crippen molar-refractivity contribution in [1.29, 1.82) is 0 Å². The number of Topliss-reactive ketones (excluding diaryl/α,β-unsaturated/α-hetero) is 1. The van der Waals surface area contributed by atoms with Crippen molar-refractivity contribution in [3.63, 3.8) is 0 Å². The number of ketones is 1. The number of methoxy groups -OCH3 is 2. The van der Waals surface area contributed by atoms with Crippen molar-refractivity contribution >= 4 is 57.3 Å². The van der Waals surface area contributed by atoms with Gasteiger partial charge < -0.3 is 25.0 Å². The molecule has 0 bridgehead atoms. The molecule has 3 aromatic carbocycles. The molecule has 4 fully saturated rings. The number of carbonyl (C=O) groups excluding carboxylic acids is 4. The highest BCUT2D eigenvalue weighted by Crippen LogP contribution is 2.51. The van der Waals surface area contributed by atoms with Gasteiger partial charge in [0.1, 0.15) is 6.04 Å². The molecule has 61 heavy (non-hydrogen) atoms. The number of rotatable bonds is 11. The fraction of sp³-hybridized carbons (Fsp3) is 0.469. The van der Waals surface area contributed by atoms with Crippen molar-refractivity contribution in [2.75, 3.05) is 20.8 Å². The van der Waals surface area contributed by atoms with E-state index in [1.165, 1.54) is 14.2 Å². The number of nitrogens with zero attached hydrogens (tertiary/aromatic N) is 4. The Hall–Kier alpha value is -5.80. The standard InChI is InChI=1S/C49H54N6O6/c1-26(2)44(52-48(58)60-5)43(56)25-54-39-20-33(39)22-41(54)37-19-35(24-50-37)30-12-9-28(10-13-30)7-8-29-11-16-36-31(17-29)14-15-32-18-38(51-46(32)36)42-23-34-21-40(34)55(42)47(57)45(27(3)4)53-49(59)61-6/h9-17,24,26-27,33-34,39-42,44-45H,18-23,25H2,1-6H3,(H,52,58)(H,53,59)/t33-,34-,39-,40-,41?,42+,44+,45+/m1/s1. The molecule has 3 amide bonds. The van der Waals surface area contributed by atoms with Crippen LogP contribution in [-0.4, -0.2) is 102 Å². The molecule has 2 saturated heterocycles. The lowest BCUT2D eigenvalue weighted by atomic mass is 9.96. The maximum atomic E-state index is 13.9. The minimum atomic E-state index is -0.654. The molecule has 4 aliphatic heterocycles. The molecule has 8 atom stereocenters. The average Bonchev–Trinajstić information content (AvgIpc) is 3.90. The molecule has 6 aliphatic rings. The van der Waals surface area contributed by atoms with Gasteiger partial charge in [-0.3, -0.25) is 24.5 Å². The normalized spacial score (nSPS) is 25.4. The number of hydrogen-bond acceptors (Lipinski definition) is 9. The van der Waals surface area contributed by atoms with Crippen LogP contribution >= 0.6 is 0 Å². The lowest BCUT2D eigenvalue weighted by Crippen LogP contribution is -2.55. The highest BCUT2D eigenvalue weighted by molar-refractivity contribution is 6.07.